The van der Waals surface area contributed by atoms with Gasteiger partial charge in [-0.3, -0.25) is 10.1 Å². The number of nitro groups is 1. The van der Waals surface area contributed by atoms with Gasteiger partial charge in [0.1, 0.15) is 17.8 Å². The predicted molar refractivity (Wildman–Crippen MR) is 71.2 cm³/mol. The Labute approximate surface area is 118 Å². The summed E-state index contributed by atoms with van der Waals surface area (Å²) in [4.78, 5) is 17.8. The number of aromatic nitrogens is 2. The van der Waals surface area contributed by atoms with E-state index in [1.807, 2.05) is 0 Å². The summed E-state index contributed by atoms with van der Waals surface area (Å²) in [6.07, 6.45) is 1.14. The first kappa shape index (κ1) is 13.8. The highest BCUT2D eigenvalue weighted by molar-refractivity contribution is 6.32. The van der Waals surface area contributed by atoms with Crippen molar-refractivity contribution in [2.75, 3.05) is 12.8 Å². The number of ether oxygens (including phenoxy) is 2. The molecule has 8 nitrogen and oxygen atoms in total. The van der Waals surface area contributed by atoms with Crippen LogP contribution in [-0.2, 0) is 0 Å². The summed E-state index contributed by atoms with van der Waals surface area (Å²) in [5.74, 6) is 0.265. The van der Waals surface area contributed by atoms with Gasteiger partial charge in [-0.25, -0.2) is 4.98 Å². The molecule has 1 aromatic carbocycles. The van der Waals surface area contributed by atoms with E-state index in [2.05, 4.69) is 9.97 Å². The molecule has 2 N–H and O–H groups in total. The molecule has 1 aromatic heterocycles. The Bertz CT molecular complexity index is 665. The number of anilines is 1. The molecule has 0 aliphatic carbocycles. The highest BCUT2D eigenvalue weighted by atomic mass is 35.5. The number of nitro benzene ring substituents is 1. The third-order valence-electron chi connectivity index (χ3n) is 2.37. The number of hydrogen-bond donors (Lipinski definition) is 1. The minimum absolute atomic E-state index is 0.000508. The maximum Gasteiger partial charge on any atom is 0.311 e. The van der Waals surface area contributed by atoms with Crippen LogP contribution in [0.15, 0.2) is 24.5 Å². The number of benzene rings is 1. The minimum Gasteiger partial charge on any atom is -0.497 e. The van der Waals surface area contributed by atoms with Crippen LogP contribution in [0.4, 0.5) is 11.4 Å². The average Bonchev–Trinajstić information content (AvgIpc) is 2.43. The summed E-state index contributed by atoms with van der Waals surface area (Å²) in [5.41, 5.74) is 5.39. The highest BCUT2D eigenvalue weighted by Gasteiger charge is 2.19. The van der Waals surface area contributed by atoms with Gasteiger partial charge in [0, 0.05) is 12.1 Å². The maximum atomic E-state index is 11.0. The fourth-order valence-corrected chi connectivity index (χ4v) is 1.52. The van der Waals surface area contributed by atoms with Crippen molar-refractivity contribution >= 4 is 23.0 Å². The second-order valence-electron chi connectivity index (χ2n) is 3.58. The number of nitrogens with zero attached hydrogens (tertiary/aromatic N) is 3. The standard InChI is InChI=1S/C11H9ClN4O4/c1-19-6-2-3-7(16(17)18)8(4-6)20-11-9(13)10(12)14-5-15-11/h2-5H,13H2,1H3. The summed E-state index contributed by atoms with van der Waals surface area (Å²) in [6.45, 7) is 0. The topological polar surface area (TPSA) is 113 Å². The molecule has 0 spiro atoms. The lowest BCUT2D eigenvalue weighted by atomic mass is 10.3. The molecular formula is C11H9ClN4O4. The van der Waals surface area contributed by atoms with E-state index in [1.165, 1.54) is 25.3 Å². The van der Waals surface area contributed by atoms with E-state index in [0.29, 0.717) is 5.75 Å². The Kier molecular flexibility index (Phi) is 3.85. The van der Waals surface area contributed by atoms with E-state index in [1.54, 1.807) is 0 Å². The first-order valence-electron chi connectivity index (χ1n) is 5.29. The monoisotopic (exact) mass is 296 g/mol. The minimum atomic E-state index is -0.590. The Balaban J connectivity index is 2.46. The third-order valence-corrected chi connectivity index (χ3v) is 2.67. The number of halogens is 1. The molecule has 0 saturated carbocycles. The van der Waals surface area contributed by atoms with Gasteiger partial charge in [0.05, 0.1) is 12.0 Å². The zero-order valence-corrected chi connectivity index (χ0v) is 11.0. The fourth-order valence-electron chi connectivity index (χ4n) is 1.40. The van der Waals surface area contributed by atoms with Gasteiger partial charge in [-0.2, -0.15) is 4.98 Å². The molecule has 104 valence electrons. The number of hydrogen-bond acceptors (Lipinski definition) is 7. The van der Waals surface area contributed by atoms with Gasteiger partial charge in [0.25, 0.3) is 0 Å². The molecule has 0 bridgehead atoms. The van der Waals surface area contributed by atoms with E-state index in [9.17, 15) is 10.1 Å². The first-order valence-corrected chi connectivity index (χ1v) is 5.67. The molecule has 9 heteroatoms. The molecule has 0 amide bonds. The molecule has 0 radical (unpaired) electrons. The van der Waals surface area contributed by atoms with Crippen molar-refractivity contribution < 1.29 is 14.4 Å². The van der Waals surface area contributed by atoms with Gasteiger partial charge in [0.15, 0.2) is 5.15 Å². The summed E-state index contributed by atoms with van der Waals surface area (Å²) >= 11 is 5.73. The van der Waals surface area contributed by atoms with Gasteiger partial charge in [0.2, 0.25) is 11.6 Å². The van der Waals surface area contributed by atoms with Crippen molar-refractivity contribution in [1.82, 2.24) is 9.97 Å². The van der Waals surface area contributed by atoms with Gasteiger partial charge >= 0.3 is 5.69 Å². The molecule has 20 heavy (non-hydrogen) atoms. The lowest BCUT2D eigenvalue weighted by molar-refractivity contribution is -0.385. The lowest BCUT2D eigenvalue weighted by Crippen LogP contribution is -2.00. The zero-order chi connectivity index (χ0) is 14.7. The van der Waals surface area contributed by atoms with E-state index in [4.69, 9.17) is 26.8 Å². The van der Waals surface area contributed by atoms with Crippen molar-refractivity contribution in [3.8, 4) is 17.4 Å². The smallest absolute Gasteiger partial charge is 0.311 e. The summed E-state index contributed by atoms with van der Waals surface area (Å²) in [5, 5.41) is 11.0. The zero-order valence-electron chi connectivity index (χ0n) is 10.2. The summed E-state index contributed by atoms with van der Waals surface area (Å²) < 4.78 is 10.3. The number of rotatable bonds is 4. The van der Waals surface area contributed by atoms with E-state index >= 15 is 0 Å². The van der Waals surface area contributed by atoms with Crippen LogP contribution in [0.2, 0.25) is 5.15 Å². The van der Waals surface area contributed by atoms with Gasteiger partial charge < -0.3 is 15.2 Å². The van der Waals surface area contributed by atoms with Crippen LogP contribution in [-0.4, -0.2) is 22.0 Å². The molecule has 0 unspecified atom stereocenters. The Morgan fingerprint density at radius 3 is 2.80 bits per heavy atom. The highest BCUT2D eigenvalue weighted by Crippen LogP contribution is 2.36. The second-order valence-corrected chi connectivity index (χ2v) is 3.93. The van der Waals surface area contributed by atoms with Gasteiger partial charge in [-0.05, 0) is 6.07 Å². The molecule has 2 aromatic rings. The van der Waals surface area contributed by atoms with Crippen LogP contribution in [0.25, 0.3) is 0 Å². The summed E-state index contributed by atoms with van der Waals surface area (Å²) in [6, 6.07) is 4.06. The van der Waals surface area contributed by atoms with E-state index in [0.717, 1.165) is 6.33 Å². The van der Waals surface area contributed by atoms with E-state index in [-0.39, 0.29) is 28.2 Å². The number of nitrogen functional groups attached to an aromatic ring is 1. The van der Waals surface area contributed by atoms with Crippen molar-refractivity contribution in [2.24, 2.45) is 0 Å². The molecule has 0 aliphatic rings. The van der Waals surface area contributed by atoms with Crippen LogP contribution >= 0.6 is 11.6 Å². The van der Waals surface area contributed by atoms with Gasteiger partial charge in [-0.1, -0.05) is 11.6 Å². The maximum absolute atomic E-state index is 11.0. The fraction of sp³-hybridized carbons (Fsp3) is 0.0909. The lowest BCUT2D eigenvalue weighted by Gasteiger charge is -2.09. The normalized spacial score (nSPS) is 10.1. The molecular weight excluding hydrogens is 288 g/mol. The van der Waals surface area contributed by atoms with Crippen molar-refractivity contribution in [3.63, 3.8) is 0 Å². The molecule has 0 aliphatic heterocycles. The third kappa shape index (κ3) is 2.69. The Hall–Kier alpha value is -2.61. The van der Waals surface area contributed by atoms with E-state index < -0.39 is 4.92 Å². The van der Waals surface area contributed by atoms with Crippen LogP contribution < -0.4 is 15.2 Å². The molecule has 2 rings (SSSR count). The molecule has 1 heterocycles. The average molecular weight is 297 g/mol. The molecule has 0 atom stereocenters. The quantitative estimate of drug-likeness (QED) is 0.523. The predicted octanol–water partition coefficient (Wildman–Crippen LogP) is 2.42. The Morgan fingerprint density at radius 2 is 2.15 bits per heavy atom. The number of methoxy groups -OCH3 is 1. The largest absolute Gasteiger partial charge is 0.497 e. The van der Waals surface area contributed by atoms with Crippen LogP contribution in [0.1, 0.15) is 0 Å². The first-order chi connectivity index (χ1) is 9.52. The second kappa shape index (κ2) is 5.57. The van der Waals surface area contributed by atoms with Crippen LogP contribution in [0, 0.1) is 10.1 Å². The van der Waals surface area contributed by atoms with Gasteiger partial charge in [-0.15, -0.1) is 0 Å². The van der Waals surface area contributed by atoms with Crippen molar-refractivity contribution in [2.45, 2.75) is 0 Å². The summed E-state index contributed by atoms with van der Waals surface area (Å²) in [7, 11) is 1.43. The van der Waals surface area contributed by atoms with Crippen LogP contribution in [0.3, 0.4) is 0 Å². The Morgan fingerprint density at radius 1 is 1.40 bits per heavy atom. The van der Waals surface area contributed by atoms with Crippen molar-refractivity contribution in [3.05, 3.63) is 39.8 Å². The van der Waals surface area contributed by atoms with Crippen LogP contribution in [0.5, 0.6) is 17.4 Å². The number of nitrogens with two attached hydrogens (primary N) is 1. The SMILES string of the molecule is COc1ccc([N+](=O)[O-])c(Oc2ncnc(Cl)c2N)c1. The van der Waals surface area contributed by atoms with Crippen molar-refractivity contribution in [1.29, 1.82) is 0 Å². The molecule has 0 saturated heterocycles. The molecule has 0 fully saturated rings.